The molecule has 1 aromatic heterocycles. The molecule has 0 atom stereocenters. The summed E-state index contributed by atoms with van der Waals surface area (Å²) in [5, 5.41) is 13.1. The second-order valence-corrected chi connectivity index (χ2v) is 4.31. The number of nitrogens with zero attached hydrogens (tertiary/aromatic N) is 3. The molecule has 2 rings (SSSR count). The quantitative estimate of drug-likeness (QED) is 0.511. The van der Waals surface area contributed by atoms with Crippen LogP contribution in [0.1, 0.15) is 17.3 Å². The molecule has 0 saturated heterocycles. The van der Waals surface area contributed by atoms with E-state index >= 15 is 0 Å². The number of rotatable bonds is 5. The summed E-state index contributed by atoms with van der Waals surface area (Å²) in [5.74, 6) is -0.896. The number of carbonyl (C=O) groups excluding carboxylic acids is 2. The molecule has 8 heteroatoms. The third kappa shape index (κ3) is 3.50. The smallest absolute Gasteiger partial charge is 0.358 e. The van der Waals surface area contributed by atoms with Crippen LogP contribution in [0.3, 0.4) is 0 Å². The highest BCUT2D eigenvalue weighted by Crippen LogP contribution is 2.15. The van der Waals surface area contributed by atoms with E-state index in [0.29, 0.717) is 11.3 Å². The average molecular weight is 288 g/mol. The maximum atomic E-state index is 11.9. The first-order valence-electron chi connectivity index (χ1n) is 6.03. The van der Waals surface area contributed by atoms with Crippen LogP contribution in [0.25, 0.3) is 0 Å². The third-order valence-corrected chi connectivity index (χ3v) is 2.71. The van der Waals surface area contributed by atoms with Crippen LogP contribution in [0, 0.1) is 10.1 Å². The molecule has 1 aromatic carbocycles. The van der Waals surface area contributed by atoms with E-state index in [9.17, 15) is 19.7 Å². The largest absolute Gasteiger partial charge is 0.381 e. The van der Waals surface area contributed by atoms with Crippen LogP contribution in [0.2, 0.25) is 0 Å². The highest BCUT2D eigenvalue weighted by Gasteiger charge is 2.13. The summed E-state index contributed by atoms with van der Waals surface area (Å²) in [4.78, 5) is 36.8. The Bertz CT molecular complexity index is 708. The molecule has 0 aliphatic rings. The number of nitro groups is 1. The minimum Gasteiger partial charge on any atom is -0.358 e. The topological polar surface area (TPSA) is 107 Å². The lowest BCUT2D eigenvalue weighted by Gasteiger charge is -2.08. The van der Waals surface area contributed by atoms with Gasteiger partial charge >= 0.3 is 5.82 Å². The fourth-order valence-electron chi connectivity index (χ4n) is 1.78. The number of ketones is 1. The Morgan fingerprint density at radius 2 is 2.10 bits per heavy atom. The van der Waals surface area contributed by atoms with Crippen molar-refractivity contribution in [2.45, 2.75) is 13.5 Å². The second kappa shape index (κ2) is 5.95. The maximum Gasteiger partial charge on any atom is 0.381 e. The first-order chi connectivity index (χ1) is 9.97. The molecular weight excluding hydrogens is 276 g/mol. The fourth-order valence-corrected chi connectivity index (χ4v) is 1.78. The summed E-state index contributed by atoms with van der Waals surface area (Å²) in [6.45, 7) is 1.28. The van der Waals surface area contributed by atoms with Crippen LogP contribution in [0.15, 0.2) is 36.8 Å². The zero-order valence-corrected chi connectivity index (χ0v) is 11.1. The summed E-state index contributed by atoms with van der Waals surface area (Å²) in [6, 6.07) is 6.63. The minimum absolute atomic E-state index is 0.132. The number of anilines is 1. The number of nitrogens with one attached hydrogen (secondary N) is 1. The molecule has 0 aliphatic carbocycles. The van der Waals surface area contributed by atoms with Crippen molar-refractivity contribution in [3.8, 4) is 0 Å². The van der Waals surface area contributed by atoms with Crippen molar-refractivity contribution in [3.05, 3.63) is 52.5 Å². The number of para-hydroxylation sites is 1. The van der Waals surface area contributed by atoms with Gasteiger partial charge in [0, 0.05) is 5.56 Å². The monoisotopic (exact) mass is 288 g/mol. The van der Waals surface area contributed by atoms with Crippen LogP contribution in [-0.4, -0.2) is 26.2 Å². The summed E-state index contributed by atoms with van der Waals surface area (Å²) in [6.07, 6.45) is 2.37. The Balaban J connectivity index is 2.08. The van der Waals surface area contributed by atoms with Crippen molar-refractivity contribution in [2.24, 2.45) is 0 Å². The van der Waals surface area contributed by atoms with E-state index in [0.717, 1.165) is 6.20 Å². The predicted molar refractivity (Wildman–Crippen MR) is 74.0 cm³/mol. The van der Waals surface area contributed by atoms with E-state index in [-0.39, 0.29) is 18.1 Å². The molecule has 0 unspecified atom stereocenters. The normalized spacial score (nSPS) is 10.1. The molecule has 0 radical (unpaired) electrons. The number of imidazole rings is 1. The second-order valence-electron chi connectivity index (χ2n) is 4.31. The molecule has 8 nitrogen and oxygen atoms in total. The van der Waals surface area contributed by atoms with Crippen LogP contribution < -0.4 is 5.32 Å². The summed E-state index contributed by atoms with van der Waals surface area (Å²) in [5.41, 5.74) is 0.812. The van der Waals surface area contributed by atoms with Crippen molar-refractivity contribution < 1.29 is 14.5 Å². The third-order valence-electron chi connectivity index (χ3n) is 2.71. The number of benzene rings is 1. The first-order valence-corrected chi connectivity index (χ1v) is 6.03. The van der Waals surface area contributed by atoms with Gasteiger partial charge in [-0.05, 0) is 29.0 Å². The summed E-state index contributed by atoms with van der Waals surface area (Å²) < 4.78 is 1.30. The fraction of sp³-hybridized carbons (Fsp3) is 0.154. The molecule has 0 aliphatic heterocycles. The molecule has 21 heavy (non-hydrogen) atoms. The van der Waals surface area contributed by atoms with Crippen molar-refractivity contribution in [2.75, 3.05) is 5.32 Å². The molecule has 0 fully saturated rings. The molecule has 108 valence electrons. The van der Waals surface area contributed by atoms with Crippen LogP contribution in [0.5, 0.6) is 0 Å². The average Bonchev–Trinajstić information content (AvgIpc) is 2.87. The Morgan fingerprint density at radius 3 is 2.71 bits per heavy atom. The number of hydrogen-bond acceptors (Lipinski definition) is 5. The zero-order valence-electron chi connectivity index (χ0n) is 11.1. The van der Waals surface area contributed by atoms with Crippen molar-refractivity contribution >= 4 is 23.2 Å². The van der Waals surface area contributed by atoms with E-state index in [4.69, 9.17) is 0 Å². The summed E-state index contributed by atoms with van der Waals surface area (Å²) in [7, 11) is 0. The lowest BCUT2D eigenvalue weighted by atomic mass is 10.1. The Morgan fingerprint density at radius 1 is 1.38 bits per heavy atom. The van der Waals surface area contributed by atoms with Gasteiger partial charge in [-0.15, -0.1) is 0 Å². The Labute approximate surface area is 119 Å². The molecular formula is C13H12N4O4. The van der Waals surface area contributed by atoms with Gasteiger partial charge in [-0.1, -0.05) is 12.1 Å². The number of carbonyl (C=O) groups is 2. The Hall–Kier alpha value is -3.03. The number of hydrogen-bond donors (Lipinski definition) is 1. The molecule has 0 bridgehead atoms. The van der Waals surface area contributed by atoms with E-state index < -0.39 is 10.8 Å². The van der Waals surface area contributed by atoms with Gasteiger partial charge in [0.05, 0.1) is 5.69 Å². The Kier molecular flexibility index (Phi) is 4.07. The number of aromatic nitrogens is 2. The molecule has 1 heterocycles. The predicted octanol–water partition coefficient (Wildman–Crippen LogP) is 1.63. The van der Waals surface area contributed by atoms with Gasteiger partial charge in [-0.3, -0.25) is 9.59 Å². The van der Waals surface area contributed by atoms with E-state index in [2.05, 4.69) is 10.3 Å². The molecule has 2 aromatic rings. The lowest BCUT2D eigenvalue weighted by Crippen LogP contribution is -2.19. The van der Waals surface area contributed by atoms with Gasteiger partial charge in [0.15, 0.2) is 5.78 Å². The van der Waals surface area contributed by atoms with Crippen molar-refractivity contribution in [1.82, 2.24) is 9.55 Å². The van der Waals surface area contributed by atoms with Gasteiger partial charge < -0.3 is 20.0 Å². The van der Waals surface area contributed by atoms with E-state index in [1.54, 1.807) is 24.3 Å². The van der Waals surface area contributed by atoms with Crippen molar-refractivity contribution in [3.63, 3.8) is 0 Å². The molecule has 1 N–H and O–H groups in total. The molecule has 0 saturated carbocycles. The first kappa shape index (κ1) is 14.4. The summed E-state index contributed by atoms with van der Waals surface area (Å²) >= 11 is 0. The minimum atomic E-state index is -0.639. The van der Waals surface area contributed by atoms with Crippen LogP contribution in [-0.2, 0) is 11.3 Å². The number of amides is 1. The lowest BCUT2D eigenvalue weighted by molar-refractivity contribution is -0.389. The van der Waals surface area contributed by atoms with Crippen molar-refractivity contribution in [1.29, 1.82) is 0 Å². The van der Waals surface area contributed by atoms with Gasteiger partial charge in [0.2, 0.25) is 12.2 Å². The van der Waals surface area contributed by atoms with Gasteiger partial charge in [0.1, 0.15) is 12.7 Å². The SMILES string of the molecule is CC(=O)c1ccccc1NC(=O)Cn1cnc([N+](=O)[O-])c1. The highest BCUT2D eigenvalue weighted by molar-refractivity contribution is 6.03. The van der Waals surface area contributed by atoms with E-state index in [1.807, 2.05) is 0 Å². The maximum absolute atomic E-state index is 11.9. The van der Waals surface area contributed by atoms with Gasteiger partial charge in [-0.2, -0.15) is 0 Å². The highest BCUT2D eigenvalue weighted by atomic mass is 16.6. The van der Waals surface area contributed by atoms with E-state index in [1.165, 1.54) is 17.8 Å². The van der Waals surface area contributed by atoms with Gasteiger partial charge in [-0.25, -0.2) is 0 Å². The van der Waals surface area contributed by atoms with Crippen LogP contribution >= 0.6 is 0 Å². The zero-order chi connectivity index (χ0) is 15.4. The van der Waals surface area contributed by atoms with Crippen LogP contribution in [0.4, 0.5) is 11.5 Å². The molecule has 1 amide bonds. The van der Waals surface area contributed by atoms with Gasteiger partial charge in [0.25, 0.3) is 0 Å². The molecule has 0 spiro atoms. The standard InChI is InChI=1S/C13H12N4O4/c1-9(18)10-4-2-3-5-11(10)15-13(19)7-16-6-12(14-8-16)17(20)21/h2-6,8H,7H2,1H3,(H,15,19). The number of Topliss-reactive ketones (excluding diaryl/α,β-unsaturated/α-hetero) is 1.